The van der Waals surface area contributed by atoms with Crippen LogP contribution in [-0.2, 0) is 11.3 Å². The molecule has 0 amide bonds. The van der Waals surface area contributed by atoms with Gasteiger partial charge in [0, 0.05) is 35.4 Å². The smallest absolute Gasteiger partial charge is 0.0615 e. The Morgan fingerprint density at radius 1 is 1.47 bits per heavy atom. The van der Waals surface area contributed by atoms with Crippen molar-refractivity contribution in [3.05, 3.63) is 28.2 Å². The van der Waals surface area contributed by atoms with Crippen LogP contribution in [0.1, 0.15) is 19.4 Å². The van der Waals surface area contributed by atoms with Gasteiger partial charge >= 0.3 is 0 Å². The number of benzene rings is 1. The molecule has 1 aromatic rings. The van der Waals surface area contributed by atoms with Crippen LogP contribution in [0.5, 0.6) is 0 Å². The van der Waals surface area contributed by atoms with Gasteiger partial charge in [0.1, 0.15) is 0 Å². The Balaban J connectivity index is 2.80. The summed E-state index contributed by atoms with van der Waals surface area (Å²) in [6, 6.07) is 6.31. The lowest BCUT2D eigenvalue weighted by atomic mass is 10.1. The Morgan fingerprint density at radius 3 is 2.71 bits per heavy atom. The van der Waals surface area contributed by atoms with Gasteiger partial charge in [0.05, 0.1) is 6.61 Å². The number of nitrogens with zero attached hydrogens (tertiary/aromatic N) is 1. The number of hydrogen-bond donors (Lipinski definition) is 1. The van der Waals surface area contributed by atoms with E-state index in [2.05, 4.69) is 34.7 Å². The maximum Gasteiger partial charge on any atom is 0.0615 e. The van der Waals surface area contributed by atoms with Crippen molar-refractivity contribution in [2.24, 2.45) is 0 Å². The zero-order valence-electron chi connectivity index (χ0n) is 10.7. The zero-order chi connectivity index (χ0) is 12.8. The zero-order valence-corrected chi connectivity index (χ0v) is 12.3. The van der Waals surface area contributed by atoms with Gasteiger partial charge in [0.2, 0.25) is 0 Å². The van der Waals surface area contributed by atoms with Gasteiger partial charge in [-0.2, -0.15) is 0 Å². The summed E-state index contributed by atoms with van der Waals surface area (Å²) >= 11 is 3.55. The number of hydrogen-bond acceptors (Lipinski definition) is 3. The molecule has 2 N–H and O–H groups in total. The molecule has 0 aliphatic heterocycles. The molecule has 0 heterocycles. The summed E-state index contributed by atoms with van der Waals surface area (Å²) in [5, 5.41) is 0. The lowest BCUT2D eigenvalue weighted by Gasteiger charge is -2.28. The number of anilines is 1. The van der Waals surface area contributed by atoms with Crippen LogP contribution in [0.4, 0.5) is 5.69 Å². The van der Waals surface area contributed by atoms with Gasteiger partial charge < -0.3 is 10.5 Å². The van der Waals surface area contributed by atoms with E-state index in [4.69, 9.17) is 10.5 Å². The highest BCUT2D eigenvalue weighted by atomic mass is 79.9. The third-order valence-electron chi connectivity index (χ3n) is 2.95. The highest BCUT2D eigenvalue weighted by Crippen LogP contribution is 2.24. The van der Waals surface area contributed by atoms with Gasteiger partial charge in [0.25, 0.3) is 0 Å². The molecule has 1 atom stereocenters. The SMILES string of the molecule is CCN(Cc1c(N)cccc1Br)C(C)COC. The Kier molecular flexibility index (Phi) is 5.95. The first-order chi connectivity index (χ1) is 8.10. The van der Waals surface area contributed by atoms with Gasteiger partial charge in [0.15, 0.2) is 0 Å². The van der Waals surface area contributed by atoms with Crippen molar-refractivity contribution in [1.82, 2.24) is 4.90 Å². The minimum Gasteiger partial charge on any atom is -0.398 e. The molecule has 0 aliphatic rings. The van der Waals surface area contributed by atoms with Crippen LogP contribution in [-0.4, -0.2) is 31.2 Å². The summed E-state index contributed by atoms with van der Waals surface area (Å²) in [7, 11) is 1.73. The van der Waals surface area contributed by atoms with Crippen LogP contribution in [0.25, 0.3) is 0 Å². The summed E-state index contributed by atoms with van der Waals surface area (Å²) in [6.07, 6.45) is 0. The first kappa shape index (κ1) is 14.5. The molecule has 96 valence electrons. The first-order valence-electron chi connectivity index (χ1n) is 5.86. The summed E-state index contributed by atoms with van der Waals surface area (Å²) < 4.78 is 6.27. The third-order valence-corrected chi connectivity index (χ3v) is 3.70. The fraction of sp³-hybridized carbons (Fsp3) is 0.538. The Hall–Kier alpha value is -0.580. The second-order valence-corrected chi connectivity index (χ2v) is 5.03. The van der Waals surface area contributed by atoms with Gasteiger partial charge in [-0.1, -0.05) is 28.9 Å². The van der Waals surface area contributed by atoms with Crippen LogP contribution in [0.15, 0.2) is 22.7 Å². The van der Waals surface area contributed by atoms with E-state index in [0.717, 1.165) is 35.4 Å². The summed E-state index contributed by atoms with van der Waals surface area (Å²) in [6.45, 7) is 6.87. The van der Waals surface area contributed by atoms with E-state index < -0.39 is 0 Å². The summed E-state index contributed by atoms with van der Waals surface area (Å²) in [5.74, 6) is 0. The molecule has 0 spiro atoms. The molecule has 1 aromatic carbocycles. The van der Waals surface area contributed by atoms with Crippen molar-refractivity contribution in [1.29, 1.82) is 0 Å². The molecular formula is C13H21BrN2O. The topological polar surface area (TPSA) is 38.5 Å². The van der Waals surface area contributed by atoms with Gasteiger partial charge in [-0.3, -0.25) is 4.90 Å². The second kappa shape index (κ2) is 6.99. The quantitative estimate of drug-likeness (QED) is 0.821. The molecule has 0 fully saturated rings. The molecule has 0 saturated carbocycles. The molecular weight excluding hydrogens is 280 g/mol. The molecule has 17 heavy (non-hydrogen) atoms. The van der Waals surface area contributed by atoms with Crippen molar-refractivity contribution >= 4 is 21.6 Å². The maximum absolute atomic E-state index is 6.01. The fourth-order valence-corrected chi connectivity index (χ4v) is 2.38. The standard InChI is InChI=1S/C13H21BrN2O/c1-4-16(10(2)9-17-3)8-11-12(14)6-5-7-13(11)15/h5-7,10H,4,8-9,15H2,1-3H3. The molecule has 0 aliphatic carbocycles. The number of methoxy groups -OCH3 is 1. The number of likely N-dealkylation sites (N-methyl/N-ethyl adjacent to an activating group) is 1. The normalized spacial score (nSPS) is 13.0. The Morgan fingerprint density at radius 2 is 2.18 bits per heavy atom. The summed E-state index contributed by atoms with van der Waals surface area (Å²) in [4.78, 5) is 2.35. The third kappa shape index (κ3) is 3.98. The minimum atomic E-state index is 0.386. The molecule has 0 saturated heterocycles. The van der Waals surface area contributed by atoms with Crippen molar-refractivity contribution in [3.63, 3.8) is 0 Å². The van der Waals surface area contributed by atoms with Crippen molar-refractivity contribution in [2.45, 2.75) is 26.4 Å². The average Bonchev–Trinajstić information content (AvgIpc) is 2.29. The second-order valence-electron chi connectivity index (χ2n) is 4.18. The average molecular weight is 301 g/mol. The Labute approximate surface area is 112 Å². The van der Waals surface area contributed by atoms with Crippen molar-refractivity contribution in [3.8, 4) is 0 Å². The molecule has 3 nitrogen and oxygen atoms in total. The number of nitrogens with two attached hydrogens (primary N) is 1. The number of halogens is 1. The van der Waals surface area contributed by atoms with E-state index in [-0.39, 0.29) is 0 Å². The monoisotopic (exact) mass is 300 g/mol. The number of ether oxygens (including phenoxy) is 1. The van der Waals surface area contributed by atoms with Gasteiger partial charge in [-0.15, -0.1) is 0 Å². The molecule has 1 rings (SSSR count). The van der Waals surface area contributed by atoms with E-state index >= 15 is 0 Å². The summed E-state index contributed by atoms with van der Waals surface area (Å²) in [5.41, 5.74) is 8.00. The minimum absolute atomic E-state index is 0.386. The predicted molar refractivity (Wildman–Crippen MR) is 76.0 cm³/mol. The van der Waals surface area contributed by atoms with Crippen LogP contribution in [0.2, 0.25) is 0 Å². The van der Waals surface area contributed by atoms with E-state index in [1.54, 1.807) is 7.11 Å². The lowest BCUT2D eigenvalue weighted by Crippen LogP contribution is -2.35. The largest absolute Gasteiger partial charge is 0.398 e. The van der Waals surface area contributed by atoms with E-state index in [0.29, 0.717) is 6.04 Å². The van der Waals surface area contributed by atoms with Crippen molar-refractivity contribution in [2.75, 3.05) is 26.0 Å². The fourth-order valence-electron chi connectivity index (χ4n) is 1.87. The Bertz CT molecular complexity index is 337. The van der Waals surface area contributed by atoms with Gasteiger partial charge in [-0.25, -0.2) is 0 Å². The number of nitrogen functional groups attached to an aromatic ring is 1. The molecule has 0 bridgehead atoms. The van der Waals surface area contributed by atoms with Crippen LogP contribution in [0.3, 0.4) is 0 Å². The van der Waals surface area contributed by atoms with E-state index in [1.807, 2.05) is 18.2 Å². The first-order valence-corrected chi connectivity index (χ1v) is 6.65. The molecule has 4 heteroatoms. The van der Waals surface area contributed by atoms with Crippen molar-refractivity contribution < 1.29 is 4.74 Å². The van der Waals surface area contributed by atoms with Gasteiger partial charge in [-0.05, 0) is 25.6 Å². The molecule has 0 radical (unpaired) electrons. The highest BCUT2D eigenvalue weighted by Gasteiger charge is 2.15. The van der Waals surface area contributed by atoms with E-state index in [9.17, 15) is 0 Å². The van der Waals surface area contributed by atoms with E-state index in [1.165, 1.54) is 0 Å². The lowest BCUT2D eigenvalue weighted by molar-refractivity contribution is 0.0982. The predicted octanol–water partition coefficient (Wildman–Crippen LogP) is 2.89. The van der Waals surface area contributed by atoms with Crippen LogP contribution >= 0.6 is 15.9 Å². The molecule has 0 aromatic heterocycles. The maximum atomic E-state index is 6.01. The number of rotatable bonds is 6. The van der Waals surface area contributed by atoms with Crippen LogP contribution < -0.4 is 5.73 Å². The van der Waals surface area contributed by atoms with Crippen LogP contribution in [0, 0.1) is 0 Å². The highest BCUT2D eigenvalue weighted by molar-refractivity contribution is 9.10. The molecule has 1 unspecified atom stereocenters.